The molecule has 2 atom stereocenters. The quantitative estimate of drug-likeness (QED) is 0.572. The molecule has 1 aliphatic carbocycles. The first-order valence-corrected chi connectivity index (χ1v) is 11.3. The SMILES string of the molecule is CN=C(NCc1cccc(NC(=O)C2CCCC2)c1)N1CCOC(C2CCCO2)C1. The summed E-state index contributed by atoms with van der Waals surface area (Å²) in [5.41, 5.74) is 1.98. The molecule has 0 radical (unpaired) electrons. The van der Waals surface area contributed by atoms with Crippen LogP contribution in [0.2, 0.25) is 0 Å². The van der Waals surface area contributed by atoms with E-state index in [9.17, 15) is 4.79 Å². The zero-order chi connectivity index (χ0) is 20.8. The van der Waals surface area contributed by atoms with E-state index in [4.69, 9.17) is 9.47 Å². The molecule has 7 nitrogen and oxygen atoms in total. The number of anilines is 1. The maximum Gasteiger partial charge on any atom is 0.227 e. The van der Waals surface area contributed by atoms with Gasteiger partial charge in [-0.15, -0.1) is 0 Å². The fourth-order valence-electron chi connectivity index (χ4n) is 4.69. The molecule has 0 aromatic heterocycles. The van der Waals surface area contributed by atoms with Crippen LogP contribution in [0, 0.1) is 5.92 Å². The van der Waals surface area contributed by atoms with Crippen molar-refractivity contribution in [2.24, 2.45) is 10.9 Å². The molecule has 3 aliphatic rings. The molecule has 0 bridgehead atoms. The van der Waals surface area contributed by atoms with Gasteiger partial charge >= 0.3 is 0 Å². The van der Waals surface area contributed by atoms with Crippen LogP contribution in [0.5, 0.6) is 0 Å². The normalized spacial score (nSPS) is 25.5. The van der Waals surface area contributed by atoms with E-state index in [0.717, 1.165) is 75.4 Å². The Labute approximate surface area is 179 Å². The molecule has 164 valence electrons. The van der Waals surface area contributed by atoms with E-state index in [1.165, 1.54) is 0 Å². The largest absolute Gasteiger partial charge is 0.375 e. The van der Waals surface area contributed by atoms with E-state index in [0.29, 0.717) is 13.2 Å². The third kappa shape index (κ3) is 5.32. The summed E-state index contributed by atoms with van der Waals surface area (Å²) < 4.78 is 11.8. The minimum atomic E-state index is 0.105. The van der Waals surface area contributed by atoms with Gasteiger partial charge in [-0.1, -0.05) is 25.0 Å². The smallest absolute Gasteiger partial charge is 0.227 e. The summed E-state index contributed by atoms with van der Waals surface area (Å²) in [7, 11) is 1.82. The number of carbonyl (C=O) groups is 1. The lowest BCUT2D eigenvalue weighted by Crippen LogP contribution is -2.53. The van der Waals surface area contributed by atoms with Crippen molar-refractivity contribution in [3.63, 3.8) is 0 Å². The zero-order valence-electron chi connectivity index (χ0n) is 17.9. The monoisotopic (exact) mass is 414 g/mol. The second-order valence-corrected chi connectivity index (χ2v) is 8.48. The van der Waals surface area contributed by atoms with Gasteiger partial charge in [0.15, 0.2) is 5.96 Å². The van der Waals surface area contributed by atoms with Crippen LogP contribution < -0.4 is 10.6 Å². The Morgan fingerprint density at radius 2 is 1.97 bits per heavy atom. The van der Waals surface area contributed by atoms with Crippen molar-refractivity contribution in [1.29, 1.82) is 0 Å². The molecule has 1 saturated carbocycles. The predicted octanol–water partition coefficient (Wildman–Crippen LogP) is 2.77. The first kappa shape index (κ1) is 21.1. The van der Waals surface area contributed by atoms with Crippen molar-refractivity contribution in [1.82, 2.24) is 10.2 Å². The number of guanidine groups is 1. The minimum absolute atomic E-state index is 0.105. The van der Waals surface area contributed by atoms with Gasteiger partial charge in [-0.05, 0) is 43.4 Å². The molecule has 2 aliphatic heterocycles. The number of amides is 1. The van der Waals surface area contributed by atoms with E-state index in [2.05, 4.69) is 26.6 Å². The molecule has 2 N–H and O–H groups in total. The molecule has 1 aromatic rings. The van der Waals surface area contributed by atoms with Gasteiger partial charge in [0, 0.05) is 44.9 Å². The third-order valence-corrected chi connectivity index (χ3v) is 6.36. The van der Waals surface area contributed by atoms with Gasteiger partial charge in [-0.25, -0.2) is 0 Å². The van der Waals surface area contributed by atoms with Crippen molar-refractivity contribution < 1.29 is 14.3 Å². The third-order valence-electron chi connectivity index (χ3n) is 6.36. The summed E-state index contributed by atoms with van der Waals surface area (Å²) in [6.07, 6.45) is 6.84. The molecular formula is C23H34N4O3. The van der Waals surface area contributed by atoms with Gasteiger partial charge in [-0.2, -0.15) is 0 Å². The number of ether oxygens (including phenoxy) is 2. The average Bonchev–Trinajstić information content (AvgIpc) is 3.49. The second-order valence-electron chi connectivity index (χ2n) is 8.48. The van der Waals surface area contributed by atoms with Crippen molar-refractivity contribution in [2.75, 3.05) is 38.7 Å². The topological polar surface area (TPSA) is 75.2 Å². The molecular weight excluding hydrogens is 380 g/mol. The van der Waals surface area contributed by atoms with E-state index in [-0.39, 0.29) is 24.0 Å². The highest BCUT2D eigenvalue weighted by Crippen LogP contribution is 2.26. The van der Waals surface area contributed by atoms with Gasteiger partial charge in [0.2, 0.25) is 5.91 Å². The Hall–Kier alpha value is -2.12. The Morgan fingerprint density at radius 1 is 1.13 bits per heavy atom. The van der Waals surface area contributed by atoms with E-state index in [1.807, 2.05) is 25.2 Å². The Balaban J connectivity index is 1.31. The summed E-state index contributed by atoms with van der Waals surface area (Å²) in [5, 5.41) is 6.56. The molecule has 1 aromatic carbocycles. The average molecular weight is 415 g/mol. The van der Waals surface area contributed by atoms with Gasteiger partial charge < -0.3 is 25.0 Å². The first-order valence-electron chi connectivity index (χ1n) is 11.3. The number of morpholine rings is 1. The molecule has 3 fully saturated rings. The molecule has 7 heteroatoms. The molecule has 2 heterocycles. The van der Waals surface area contributed by atoms with Gasteiger partial charge in [0.25, 0.3) is 0 Å². The highest BCUT2D eigenvalue weighted by Gasteiger charge is 2.32. The fraction of sp³-hybridized carbons (Fsp3) is 0.652. The fourth-order valence-corrected chi connectivity index (χ4v) is 4.69. The van der Waals surface area contributed by atoms with E-state index < -0.39 is 0 Å². The van der Waals surface area contributed by atoms with E-state index >= 15 is 0 Å². The molecule has 2 unspecified atom stereocenters. The maximum absolute atomic E-state index is 12.4. The second kappa shape index (κ2) is 10.3. The van der Waals surface area contributed by atoms with Crippen LogP contribution in [0.3, 0.4) is 0 Å². The number of carbonyl (C=O) groups excluding carboxylic acids is 1. The van der Waals surface area contributed by atoms with Crippen molar-refractivity contribution in [2.45, 2.75) is 57.3 Å². The van der Waals surface area contributed by atoms with Gasteiger partial charge in [0.05, 0.1) is 12.7 Å². The van der Waals surface area contributed by atoms with Crippen LogP contribution in [0.15, 0.2) is 29.3 Å². The summed E-state index contributed by atoms with van der Waals surface area (Å²) in [6.45, 7) is 3.79. The lowest BCUT2D eigenvalue weighted by molar-refractivity contribution is -0.119. The lowest BCUT2D eigenvalue weighted by atomic mass is 10.1. The van der Waals surface area contributed by atoms with Crippen molar-refractivity contribution in [3.8, 4) is 0 Å². The number of hydrogen-bond acceptors (Lipinski definition) is 4. The van der Waals surface area contributed by atoms with Crippen molar-refractivity contribution >= 4 is 17.6 Å². The number of benzene rings is 1. The number of nitrogens with one attached hydrogen (secondary N) is 2. The Kier molecular flexibility index (Phi) is 7.23. The zero-order valence-corrected chi connectivity index (χ0v) is 17.9. The summed E-state index contributed by atoms with van der Waals surface area (Å²) in [5.74, 6) is 1.20. The molecule has 30 heavy (non-hydrogen) atoms. The number of nitrogens with zero attached hydrogens (tertiary/aromatic N) is 2. The molecule has 1 amide bonds. The van der Waals surface area contributed by atoms with Crippen LogP contribution in [-0.4, -0.2) is 62.3 Å². The number of aliphatic imine (C=N–C) groups is 1. The maximum atomic E-state index is 12.4. The standard InChI is InChI=1S/C23H34N4O3/c1-24-23(27-11-13-30-21(16-27)20-10-5-12-29-20)25-15-17-6-4-9-19(14-17)26-22(28)18-7-2-3-8-18/h4,6,9,14,18,20-21H,2-3,5,7-8,10-13,15-16H2,1H3,(H,24,25)(H,26,28). The van der Waals surface area contributed by atoms with Gasteiger partial charge in [-0.3, -0.25) is 9.79 Å². The van der Waals surface area contributed by atoms with Crippen LogP contribution in [-0.2, 0) is 20.8 Å². The van der Waals surface area contributed by atoms with Crippen molar-refractivity contribution in [3.05, 3.63) is 29.8 Å². The van der Waals surface area contributed by atoms with Crippen LogP contribution in [0.1, 0.15) is 44.1 Å². The van der Waals surface area contributed by atoms with Gasteiger partial charge in [0.1, 0.15) is 6.10 Å². The molecule has 2 saturated heterocycles. The number of hydrogen-bond donors (Lipinski definition) is 2. The Bertz CT molecular complexity index is 742. The summed E-state index contributed by atoms with van der Waals surface area (Å²) in [4.78, 5) is 19.1. The highest BCUT2D eigenvalue weighted by molar-refractivity contribution is 5.92. The van der Waals surface area contributed by atoms with Crippen LogP contribution in [0.25, 0.3) is 0 Å². The van der Waals surface area contributed by atoms with E-state index in [1.54, 1.807) is 0 Å². The lowest BCUT2D eigenvalue weighted by Gasteiger charge is -2.37. The number of rotatable bonds is 5. The van der Waals surface area contributed by atoms with Crippen LogP contribution in [0.4, 0.5) is 5.69 Å². The summed E-state index contributed by atoms with van der Waals surface area (Å²) >= 11 is 0. The summed E-state index contributed by atoms with van der Waals surface area (Å²) in [6, 6.07) is 8.06. The minimum Gasteiger partial charge on any atom is -0.375 e. The van der Waals surface area contributed by atoms with Crippen LogP contribution >= 0.6 is 0 Å². The Morgan fingerprint density at radius 3 is 2.73 bits per heavy atom. The molecule has 0 spiro atoms. The first-order chi connectivity index (χ1) is 14.7. The predicted molar refractivity (Wildman–Crippen MR) is 118 cm³/mol. The highest BCUT2D eigenvalue weighted by atomic mass is 16.5. The molecule has 4 rings (SSSR count).